The fraction of sp³-hybridized carbons (Fsp3) is 0.500. The summed E-state index contributed by atoms with van der Waals surface area (Å²) >= 11 is 5.88. The van der Waals surface area contributed by atoms with Crippen LogP contribution in [0.3, 0.4) is 0 Å². The zero-order chi connectivity index (χ0) is 14.8. The highest BCUT2D eigenvalue weighted by molar-refractivity contribution is 6.31. The number of nitrogens with two attached hydrogens (primary N) is 1. The molecule has 1 rings (SSSR count). The first kappa shape index (κ1) is 16.8. The first-order chi connectivity index (χ1) is 9.69. The van der Waals surface area contributed by atoms with Crippen molar-refractivity contribution in [2.75, 3.05) is 25.2 Å². The highest BCUT2D eigenvalue weighted by Gasteiger charge is 2.10. The summed E-state index contributed by atoms with van der Waals surface area (Å²) in [7, 11) is 0. The van der Waals surface area contributed by atoms with Gasteiger partial charge in [0.05, 0.1) is 11.3 Å². The van der Waals surface area contributed by atoms with Crippen molar-refractivity contribution in [1.82, 2.24) is 5.32 Å². The molecule has 0 heterocycles. The van der Waals surface area contributed by atoms with E-state index in [2.05, 4.69) is 17.7 Å². The molecule has 0 aliphatic carbocycles. The number of amides is 1. The summed E-state index contributed by atoms with van der Waals surface area (Å²) < 4.78 is 5.42. The third kappa shape index (κ3) is 5.77. The Balaban J connectivity index is 2.34. The maximum Gasteiger partial charge on any atom is 0.253 e. The minimum atomic E-state index is -0.200. The number of carbonyl (C=O) groups excluding carboxylic acids is 1. The highest BCUT2D eigenvalue weighted by Crippen LogP contribution is 2.19. The van der Waals surface area contributed by atoms with E-state index < -0.39 is 0 Å². The Bertz CT molecular complexity index is 427. The van der Waals surface area contributed by atoms with Gasteiger partial charge >= 0.3 is 0 Å². The van der Waals surface area contributed by atoms with Crippen LogP contribution in [0.15, 0.2) is 18.2 Å². The van der Waals surface area contributed by atoms with Crippen molar-refractivity contribution in [3.8, 4) is 0 Å². The SMILES string of the molecule is CCCCOCCCNC(=O)c1cc(Cl)ccc1NN. The molecule has 0 bridgehead atoms. The number of hydrogen-bond donors (Lipinski definition) is 3. The molecule has 1 aromatic rings. The smallest absolute Gasteiger partial charge is 0.253 e. The summed E-state index contributed by atoms with van der Waals surface area (Å²) in [6.07, 6.45) is 2.97. The minimum Gasteiger partial charge on any atom is -0.381 e. The quantitative estimate of drug-likeness (QED) is 0.372. The number of hydrogen-bond acceptors (Lipinski definition) is 4. The number of unbranched alkanes of at least 4 members (excludes halogenated alkanes) is 1. The Morgan fingerprint density at radius 2 is 2.10 bits per heavy atom. The molecule has 0 spiro atoms. The first-order valence-electron chi connectivity index (χ1n) is 6.81. The summed E-state index contributed by atoms with van der Waals surface area (Å²) in [5.74, 6) is 5.17. The molecular weight excluding hydrogens is 278 g/mol. The molecule has 0 aromatic heterocycles. The molecule has 0 saturated heterocycles. The Morgan fingerprint density at radius 1 is 1.35 bits per heavy atom. The van der Waals surface area contributed by atoms with Crippen molar-refractivity contribution in [3.05, 3.63) is 28.8 Å². The second-order valence-electron chi connectivity index (χ2n) is 4.41. The van der Waals surface area contributed by atoms with Crippen LogP contribution in [0.4, 0.5) is 5.69 Å². The highest BCUT2D eigenvalue weighted by atomic mass is 35.5. The second kappa shape index (κ2) is 9.58. The standard InChI is InChI=1S/C14H22ClN3O2/c1-2-3-8-20-9-4-7-17-14(19)12-10-11(15)5-6-13(12)18-16/h5-6,10,18H,2-4,7-9,16H2,1H3,(H,17,19). The number of rotatable bonds is 9. The van der Waals surface area contributed by atoms with Gasteiger partial charge in [-0.1, -0.05) is 24.9 Å². The first-order valence-corrected chi connectivity index (χ1v) is 7.19. The molecule has 20 heavy (non-hydrogen) atoms. The molecule has 0 fully saturated rings. The molecule has 112 valence electrons. The summed E-state index contributed by atoms with van der Waals surface area (Å²) in [5, 5.41) is 3.32. The van der Waals surface area contributed by atoms with E-state index in [0.29, 0.717) is 29.4 Å². The molecule has 0 aliphatic rings. The molecule has 4 N–H and O–H groups in total. The van der Waals surface area contributed by atoms with Crippen LogP contribution in [0.2, 0.25) is 5.02 Å². The van der Waals surface area contributed by atoms with E-state index in [-0.39, 0.29) is 5.91 Å². The van der Waals surface area contributed by atoms with E-state index in [4.69, 9.17) is 22.2 Å². The van der Waals surface area contributed by atoms with Gasteiger partial charge in [-0.05, 0) is 31.0 Å². The minimum absolute atomic E-state index is 0.200. The Hall–Kier alpha value is -1.30. The number of nitrogen functional groups attached to an aromatic ring is 1. The van der Waals surface area contributed by atoms with Crippen molar-refractivity contribution < 1.29 is 9.53 Å². The molecule has 0 radical (unpaired) electrons. The topological polar surface area (TPSA) is 76.4 Å². The summed E-state index contributed by atoms with van der Waals surface area (Å²) in [6, 6.07) is 4.93. The van der Waals surface area contributed by atoms with Gasteiger partial charge in [0.2, 0.25) is 0 Å². The van der Waals surface area contributed by atoms with E-state index in [1.54, 1.807) is 18.2 Å². The van der Waals surface area contributed by atoms with E-state index in [1.807, 2.05) is 0 Å². The van der Waals surface area contributed by atoms with E-state index >= 15 is 0 Å². The van der Waals surface area contributed by atoms with Crippen LogP contribution in [0.5, 0.6) is 0 Å². The molecule has 1 amide bonds. The lowest BCUT2D eigenvalue weighted by molar-refractivity contribution is 0.0941. The van der Waals surface area contributed by atoms with Gasteiger partial charge < -0.3 is 15.5 Å². The third-order valence-corrected chi connectivity index (χ3v) is 3.01. The third-order valence-electron chi connectivity index (χ3n) is 2.77. The number of nitrogens with one attached hydrogen (secondary N) is 2. The van der Waals surface area contributed by atoms with E-state index in [0.717, 1.165) is 25.9 Å². The zero-order valence-corrected chi connectivity index (χ0v) is 12.5. The van der Waals surface area contributed by atoms with Crippen LogP contribution in [0, 0.1) is 0 Å². The Morgan fingerprint density at radius 3 is 2.80 bits per heavy atom. The number of halogens is 1. The molecule has 0 saturated carbocycles. The van der Waals surface area contributed by atoms with Gasteiger partial charge in [-0.15, -0.1) is 0 Å². The van der Waals surface area contributed by atoms with Crippen LogP contribution < -0.4 is 16.6 Å². The van der Waals surface area contributed by atoms with Crippen molar-refractivity contribution in [2.24, 2.45) is 5.84 Å². The van der Waals surface area contributed by atoms with Crippen molar-refractivity contribution in [3.63, 3.8) is 0 Å². The summed E-state index contributed by atoms with van der Waals surface area (Å²) in [5.41, 5.74) is 3.47. The predicted octanol–water partition coefficient (Wildman–Crippen LogP) is 2.56. The van der Waals surface area contributed by atoms with Gasteiger partial charge in [0.15, 0.2) is 0 Å². The van der Waals surface area contributed by atoms with Gasteiger partial charge in [-0.2, -0.15) is 0 Å². The van der Waals surface area contributed by atoms with Crippen molar-refractivity contribution in [1.29, 1.82) is 0 Å². The molecular formula is C14H22ClN3O2. The number of ether oxygens (including phenoxy) is 1. The van der Waals surface area contributed by atoms with Crippen LogP contribution in [-0.4, -0.2) is 25.7 Å². The van der Waals surface area contributed by atoms with Gasteiger partial charge in [-0.3, -0.25) is 10.6 Å². The van der Waals surface area contributed by atoms with Crippen LogP contribution >= 0.6 is 11.6 Å². The average molecular weight is 300 g/mol. The summed E-state index contributed by atoms with van der Waals surface area (Å²) in [4.78, 5) is 12.0. The molecule has 0 aliphatic heterocycles. The van der Waals surface area contributed by atoms with Crippen molar-refractivity contribution >= 4 is 23.2 Å². The average Bonchev–Trinajstić information content (AvgIpc) is 2.46. The lowest BCUT2D eigenvalue weighted by Crippen LogP contribution is -2.26. The number of benzene rings is 1. The molecule has 1 aromatic carbocycles. The largest absolute Gasteiger partial charge is 0.381 e. The number of carbonyl (C=O) groups is 1. The van der Waals surface area contributed by atoms with Gasteiger partial charge in [0, 0.05) is 24.8 Å². The van der Waals surface area contributed by atoms with E-state index in [1.165, 1.54) is 0 Å². The van der Waals surface area contributed by atoms with Crippen LogP contribution in [0.25, 0.3) is 0 Å². The van der Waals surface area contributed by atoms with Gasteiger partial charge in [0.1, 0.15) is 0 Å². The predicted molar refractivity (Wildman–Crippen MR) is 81.9 cm³/mol. The molecule has 5 nitrogen and oxygen atoms in total. The van der Waals surface area contributed by atoms with Crippen LogP contribution in [-0.2, 0) is 4.74 Å². The van der Waals surface area contributed by atoms with Crippen molar-refractivity contribution in [2.45, 2.75) is 26.2 Å². The van der Waals surface area contributed by atoms with Gasteiger partial charge in [-0.25, -0.2) is 0 Å². The summed E-state index contributed by atoms with van der Waals surface area (Å²) in [6.45, 7) is 4.11. The Kier molecular flexibility index (Phi) is 8.02. The lowest BCUT2D eigenvalue weighted by atomic mass is 10.1. The molecule has 0 atom stereocenters. The fourth-order valence-electron chi connectivity index (χ4n) is 1.65. The molecule has 6 heteroatoms. The number of anilines is 1. The fourth-order valence-corrected chi connectivity index (χ4v) is 1.82. The van der Waals surface area contributed by atoms with Gasteiger partial charge in [0.25, 0.3) is 5.91 Å². The lowest BCUT2D eigenvalue weighted by Gasteiger charge is -2.10. The normalized spacial score (nSPS) is 10.3. The monoisotopic (exact) mass is 299 g/mol. The Labute approximate surface area is 124 Å². The number of hydrazine groups is 1. The maximum absolute atomic E-state index is 12.0. The van der Waals surface area contributed by atoms with Crippen LogP contribution in [0.1, 0.15) is 36.5 Å². The molecule has 0 unspecified atom stereocenters. The maximum atomic E-state index is 12.0. The van der Waals surface area contributed by atoms with E-state index in [9.17, 15) is 4.79 Å². The second-order valence-corrected chi connectivity index (χ2v) is 4.85. The zero-order valence-electron chi connectivity index (χ0n) is 11.7.